The van der Waals surface area contributed by atoms with Gasteiger partial charge in [-0.05, 0) is 56.9 Å². The lowest BCUT2D eigenvalue weighted by molar-refractivity contribution is -0.150. The smallest absolute Gasteiger partial charge is 0.331 e. The van der Waals surface area contributed by atoms with Crippen LogP contribution in [0.4, 0.5) is 0 Å². The molecule has 0 bridgehead atoms. The lowest BCUT2D eigenvalue weighted by atomic mass is 10.1. The van der Waals surface area contributed by atoms with Gasteiger partial charge in [-0.25, -0.2) is 13.2 Å². The van der Waals surface area contributed by atoms with E-state index in [9.17, 15) is 18.0 Å². The third kappa shape index (κ3) is 8.07. The minimum Gasteiger partial charge on any atom is -0.490 e. The molecule has 0 aromatic heterocycles. The summed E-state index contributed by atoms with van der Waals surface area (Å²) in [6, 6.07) is 4.84. The lowest BCUT2D eigenvalue weighted by Crippen LogP contribution is -2.48. The standard InChI is InChI=1S/C24H35NO7S/c1-5-13-31-21-10-8-19(15-22(21)30-7-3)9-11-24(27)32-16-23(26)25(18(4)6-2)20-12-14-33(28,29)17-20/h8-11,15,18,20H,5-7,12-14,16-17H2,1-4H3/b11-9+. The monoisotopic (exact) mass is 481 g/mol. The van der Waals surface area contributed by atoms with Crippen molar-refractivity contribution in [1.29, 1.82) is 0 Å². The van der Waals surface area contributed by atoms with Crippen LogP contribution in [0.25, 0.3) is 6.08 Å². The quantitative estimate of drug-likeness (QED) is 0.334. The largest absolute Gasteiger partial charge is 0.490 e. The van der Waals surface area contributed by atoms with E-state index in [0.29, 0.717) is 37.6 Å². The van der Waals surface area contributed by atoms with Crippen molar-refractivity contribution in [2.75, 3.05) is 31.3 Å². The second-order valence-corrected chi connectivity index (χ2v) is 10.3. The third-order valence-electron chi connectivity index (χ3n) is 5.43. The van der Waals surface area contributed by atoms with Crippen LogP contribution in [0.3, 0.4) is 0 Å². The van der Waals surface area contributed by atoms with E-state index in [1.807, 2.05) is 27.7 Å². The minimum absolute atomic E-state index is 0.0446. The normalized spacial score (nSPS) is 18.1. The van der Waals surface area contributed by atoms with E-state index in [1.165, 1.54) is 6.08 Å². The van der Waals surface area contributed by atoms with Gasteiger partial charge in [0, 0.05) is 18.2 Å². The van der Waals surface area contributed by atoms with E-state index in [0.717, 1.165) is 12.0 Å². The molecule has 184 valence electrons. The Morgan fingerprint density at radius 2 is 1.94 bits per heavy atom. The molecule has 2 atom stereocenters. The van der Waals surface area contributed by atoms with Crippen molar-refractivity contribution < 1.29 is 32.2 Å². The van der Waals surface area contributed by atoms with Gasteiger partial charge in [0.05, 0.1) is 24.7 Å². The maximum Gasteiger partial charge on any atom is 0.331 e. The van der Waals surface area contributed by atoms with E-state index in [-0.39, 0.29) is 29.5 Å². The highest BCUT2D eigenvalue weighted by Crippen LogP contribution is 2.29. The zero-order chi connectivity index (χ0) is 24.4. The van der Waals surface area contributed by atoms with Crippen LogP contribution < -0.4 is 9.47 Å². The first-order chi connectivity index (χ1) is 15.7. The molecule has 8 nitrogen and oxygen atoms in total. The molecule has 0 saturated carbocycles. The van der Waals surface area contributed by atoms with Crippen molar-refractivity contribution in [2.24, 2.45) is 0 Å². The average molecular weight is 482 g/mol. The summed E-state index contributed by atoms with van der Waals surface area (Å²) >= 11 is 0. The van der Waals surface area contributed by atoms with Gasteiger partial charge in [-0.2, -0.15) is 0 Å². The van der Waals surface area contributed by atoms with E-state index in [4.69, 9.17) is 14.2 Å². The lowest BCUT2D eigenvalue weighted by Gasteiger charge is -2.33. The molecule has 2 rings (SSSR count). The highest BCUT2D eigenvalue weighted by atomic mass is 32.2. The highest BCUT2D eigenvalue weighted by molar-refractivity contribution is 7.91. The van der Waals surface area contributed by atoms with Gasteiger partial charge in [0.2, 0.25) is 0 Å². The molecule has 9 heteroatoms. The first-order valence-electron chi connectivity index (χ1n) is 11.5. The molecule has 0 N–H and O–H groups in total. The first-order valence-corrected chi connectivity index (χ1v) is 13.3. The van der Waals surface area contributed by atoms with Crippen molar-refractivity contribution in [2.45, 2.75) is 59.0 Å². The Labute approximate surface area is 196 Å². The Bertz CT molecular complexity index is 942. The van der Waals surface area contributed by atoms with Crippen molar-refractivity contribution >= 4 is 27.8 Å². The maximum atomic E-state index is 12.8. The fourth-order valence-corrected chi connectivity index (χ4v) is 5.36. The Morgan fingerprint density at radius 3 is 2.55 bits per heavy atom. The second-order valence-electron chi connectivity index (χ2n) is 8.04. The van der Waals surface area contributed by atoms with Gasteiger partial charge in [-0.15, -0.1) is 0 Å². The Kier molecular flexibility index (Phi) is 10.2. The van der Waals surface area contributed by atoms with Crippen LogP contribution in [0.1, 0.15) is 52.5 Å². The number of amides is 1. The van der Waals surface area contributed by atoms with Crippen LogP contribution in [-0.2, 0) is 24.2 Å². The molecule has 33 heavy (non-hydrogen) atoms. The van der Waals surface area contributed by atoms with Crippen LogP contribution in [0, 0.1) is 0 Å². The van der Waals surface area contributed by atoms with Gasteiger partial charge < -0.3 is 19.1 Å². The molecule has 0 aliphatic carbocycles. The predicted molar refractivity (Wildman–Crippen MR) is 127 cm³/mol. The molecule has 2 unspecified atom stereocenters. The number of hydrogen-bond acceptors (Lipinski definition) is 7. The molecular weight excluding hydrogens is 446 g/mol. The van der Waals surface area contributed by atoms with Gasteiger partial charge in [0.15, 0.2) is 27.9 Å². The highest BCUT2D eigenvalue weighted by Gasteiger charge is 2.36. The molecule has 1 aromatic carbocycles. The zero-order valence-electron chi connectivity index (χ0n) is 19.9. The van der Waals surface area contributed by atoms with Crippen molar-refractivity contribution in [3.05, 3.63) is 29.8 Å². The third-order valence-corrected chi connectivity index (χ3v) is 7.18. The molecule has 1 amide bonds. The minimum atomic E-state index is -3.13. The molecule has 0 spiro atoms. The van der Waals surface area contributed by atoms with Gasteiger partial charge in [-0.1, -0.05) is 19.9 Å². The number of benzene rings is 1. The van der Waals surface area contributed by atoms with Crippen LogP contribution in [0.2, 0.25) is 0 Å². The second kappa shape index (κ2) is 12.6. The summed E-state index contributed by atoms with van der Waals surface area (Å²) in [5.74, 6) is 0.221. The fourth-order valence-electron chi connectivity index (χ4n) is 3.65. The van der Waals surface area contributed by atoms with E-state index in [1.54, 1.807) is 29.2 Å². The van der Waals surface area contributed by atoms with Crippen molar-refractivity contribution in [3.63, 3.8) is 0 Å². The number of nitrogens with zero attached hydrogens (tertiary/aromatic N) is 1. The topological polar surface area (TPSA) is 99.2 Å². The molecule has 1 heterocycles. The number of carbonyl (C=O) groups excluding carboxylic acids is 2. The molecule has 1 saturated heterocycles. The number of sulfone groups is 1. The number of carbonyl (C=O) groups is 2. The molecular formula is C24H35NO7S. The number of hydrogen-bond donors (Lipinski definition) is 0. The summed E-state index contributed by atoms with van der Waals surface area (Å²) in [5.41, 5.74) is 0.725. The van der Waals surface area contributed by atoms with Crippen LogP contribution in [0.5, 0.6) is 11.5 Å². The van der Waals surface area contributed by atoms with Crippen LogP contribution >= 0.6 is 0 Å². The molecule has 1 aliphatic rings. The zero-order valence-corrected chi connectivity index (χ0v) is 20.7. The average Bonchev–Trinajstić information content (AvgIpc) is 3.14. The Hall–Kier alpha value is -2.55. The van der Waals surface area contributed by atoms with Gasteiger partial charge >= 0.3 is 5.97 Å². The summed E-state index contributed by atoms with van der Waals surface area (Å²) in [6.07, 6.45) is 4.79. The van der Waals surface area contributed by atoms with E-state index in [2.05, 4.69) is 0 Å². The Morgan fingerprint density at radius 1 is 1.18 bits per heavy atom. The summed E-state index contributed by atoms with van der Waals surface area (Å²) in [7, 11) is -3.13. The van der Waals surface area contributed by atoms with E-state index < -0.39 is 22.4 Å². The summed E-state index contributed by atoms with van der Waals surface area (Å²) in [5, 5.41) is 0. The molecule has 1 aromatic rings. The summed E-state index contributed by atoms with van der Waals surface area (Å²) < 4.78 is 40.1. The van der Waals surface area contributed by atoms with Crippen molar-refractivity contribution in [1.82, 2.24) is 4.90 Å². The molecule has 1 fully saturated rings. The van der Waals surface area contributed by atoms with Gasteiger partial charge in [0.25, 0.3) is 5.91 Å². The van der Waals surface area contributed by atoms with Gasteiger partial charge in [-0.3, -0.25) is 4.79 Å². The summed E-state index contributed by atoms with van der Waals surface area (Å²) in [6.45, 7) is 8.32. The predicted octanol–water partition coefficient (Wildman–Crippen LogP) is 3.24. The number of rotatable bonds is 12. The Balaban J connectivity index is 1.99. The first kappa shape index (κ1) is 26.7. The van der Waals surface area contributed by atoms with Crippen molar-refractivity contribution in [3.8, 4) is 11.5 Å². The fraction of sp³-hybridized carbons (Fsp3) is 0.583. The summed E-state index contributed by atoms with van der Waals surface area (Å²) in [4.78, 5) is 26.5. The number of ether oxygens (including phenoxy) is 3. The molecule has 0 radical (unpaired) electrons. The van der Waals surface area contributed by atoms with E-state index >= 15 is 0 Å². The maximum absolute atomic E-state index is 12.8. The van der Waals surface area contributed by atoms with Crippen LogP contribution in [0.15, 0.2) is 24.3 Å². The number of esters is 1. The molecule has 1 aliphatic heterocycles. The van der Waals surface area contributed by atoms with Gasteiger partial charge in [0.1, 0.15) is 0 Å². The van der Waals surface area contributed by atoms with Crippen LogP contribution in [-0.4, -0.2) is 68.6 Å². The SMILES string of the molecule is CCCOc1ccc(/C=C/C(=O)OCC(=O)N(C(C)CC)C2CCS(=O)(=O)C2)cc1OCC.